The first-order chi connectivity index (χ1) is 10.0. The number of nitrogens with one attached hydrogen (secondary N) is 2. The van der Waals surface area contributed by atoms with E-state index in [9.17, 15) is 22.4 Å². The molecule has 0 bridgehead atoms. The number of nitrogens with zero attached hydrogens (tertiary/aromatic N) is 1. The largest absolute Gasteiger partial charge is 0.416 e. The van der Waals surface area contributed by atoms with Gasteiger partial charge in [-0.3, -0.25) is 4.79 Å². The van der Waals surface area contributed by atoms with Crippen molar-refractivity contribution in [1.29, 1.82) is 0 Å². The lowest BCUT2D eigenvalue weighted by molar-refractivity contribution is -0.138. The number of amides is 1. The summed E-state index contributed by atoms with van der Waals surface area (Å²) in [5.74, 6) is -1.39. The summed E-state index contributed by atoms with van der Waals surface area (Å²) in [6, 6.07) is 1.50. The van der Waals surface area contributed by atoms with E-state index in [-0.39, 0.29) is 17.7 Å². The van der Waals surface area contributed by atoms with Crippen LogP contribution < -0.4 is 10.7 Å². The molecule has 0 fully saturated rings. The average Bonchev–Trinajstić information content (AvgIpc) is 2.33. The normalized spacial score (nSPS) is 18.6. The Morgan fingerprint density at radius 3 is 2.55 bits per heavy atom. The van der Waals surface area contributed by atoms with E-state index >= 15 is 0 Å². The summed E-state index contributed by atoms with van der Waals surface area (Å²) in [5.41, 5.74) is 0.694. The van der Waals surface area contributed by atoms with E-state index in [4.69, 9.17) is 0 Å². The van der Waals surface area contributed by atoms with Crippen LogP contribution in [0.25, 0.3) is 0 Å². The summed E-state index contributed by atoms with van der Waals surface area (Å²) in [5, 5.41) is 6.71. The number of carbonyl (C=O) groups excluding carboxylic acids is 1. The van der Waals surface area contributed by atoms with Crippen LogP contribution in [0.5, 0.6) is 0 Å². The molecule has 0 aliphatic carbocycles. The van der Waals surface area contributed by atoms with Crippen LogP contribution in [0.3, 0.4) is 0 Å². The molecule has 8 heteroatoms. The summed E-state index contributed by atoms with van der Waals surface area (Å²) in [7, 11) is 0. The van der Waals surface area contributed by atoms with Crippen molar-refractivity contribution in [2.24, 2.45) is 5.10 Å². The quantitative estimate of drug-likeness (QED) is 0.618. The van der Waals surface area contributed by atoms with Gasteiger partial charge in [-0.05, 0) is 31.5 Å². The van der Waals surface area contributed by atoms with Crippen molar-refractivity contribution in [1.82, 2.24) is 5.43 Å². The zero-order chi connectivity index (χ0) is 16.7. The Hall–Kier alpha value is -2.12. The first-order valence-electron chi connectivity index (χ1n) is 6.52. The number of hydrogen-bond donors (Lipinski definition) is 2. The number of alkyl halides is 3. The van der Waals surface area contributed by atoms with Gasteiger partial charge >= 0.3 is 6.18 Å². The topological polar surface area (TPSA) is 53.5 Å². The van der Waals surface area contributed by atoms with Crippen LogP contribution in [0, 0.1) is 5.82 Å². The van der Waals surface area contributed by atoms with E-state index in [1.165, 1.54) is 6.92 Å². The molecule has 1 aliphatic rings. The van der Waals surface area contributed by atoms with E-state index < -0.39 is 29.0 Å². The van der Waals surface area contributed by atoms with Crippen LogP contribution in [0.15, 0.2) is 17.2 Å². The van der Waals surface area contributed by atoms with E-state index in [1.54, 1.807) is 13.8 Å². The Labute approximate surface area is 124 Å². The molecule has 1 amide bonds. The van der Waals surface area contributed by atoms with Gasteiger partial charge in [-0.15, -0.1) is 0 Å². The molecule has 1 aromatic carbocycles. The molecule has 0 saturated carbocycles. The number of halogens is 4. The number of hydrogen-bond acceptors (Lipinski definition) is 3. The molecular formula is C14H15F4N3O. The maximum Gasteiger partial charge on any atom is 0.416 e. The summed E-state index contributed by atoms with van der Waals surface area (Å²) >= 11 is 0. The van der Waals surface area contributed by atoms with Gasteiger partial charge < -0.3 is 5.32 Å². The van der Waals surface area contributed by atoms with Crippen LogP contribution >= 0.6 is 0 Å². The average molecular weight is 317 g/mol. The van der Waals surface area contributed by atoms with E-state index in [1.807, 2.05) is 0 Å². The van der Waals surface area contributed by atoms with Gasteiger partial charge in [0.2, 0.25) is 5.91 Å². The molecule has 0 saturated heterocycles. The fourth-order valence-corrected chi connectivity index (χ4v) is 2.31. The van der Waals surface area contributed by atoms with Crippen molar-refractivity contribution < 1.29 is 22.4 Å². The second kappa shape index (κ2) is 5.26. The summed E-state index contributed by atoms with van der Waals surface area (Å²) < 4.78 is 52.7. The molecule has 2 N–H and O–H groups in total. The Kier molecular flexibility index (Phi) is 3.88. The Morgan fingerprint density at radius 1 is 1.36 bits per heavy atom. The Balaban J connectivity index is 2.54. The minimum Gasteiger partial charge on any atom is -0.374 e. The van der Waals surface area contributed by atoms with Gasteiger partial charge in [0.25, 0.3) is 0 Å². The molecule has 0 spiro atoms. The number of rotatable bonds is 1. The van der Waals surface area contributed by atoms with E-state index in [0.29, 0.717) is 11.8 Å². The van der Waals surface area contributed by atoms with Gasteiger partial charge in [-0.1, -0.05) is 0 Å². The summed E-state index contributed by atoms with van der Waals surface area (Å²) in [6.45, 7) is 4.63. The smallest absolute Gasteiger partial charge is 0.374 e. The van der Waals surface area contributed by atoms with Crippen LogP contribution in [-0.2, 0) is 17.4 Å². The van der Waals surface area contributed by atoms with Crippen LogP contribution in [0.4, 0.5) is 23.2 Å². The second-order valence-corrected chi connectivity index (χ2v) is 5.63. The molecule has 120 valence electrons. The molecule has 2 rings (SSSR count). The summed E-state index contributed by atoms with van der Waals surface area (Å²) in [4.78, 5) is 10.9. The van der Waals surface area contributed by atoms with Crippen molar-refractivity contribution in [3.05, 3.63) is 29.1 Å². The monoisotopic (exact) mass is 317 g/mol. The molecule has 0 atom stereocenters. The summed E-state index contributed by atoms with van der Waals surface area (Å²) in [6.07, 6.45) is -4.81. The van der Waals surface area contributed by atoms with Gasteiger partial charge in [0.05, 0.1) is 16.8 Å². The molecule has 0 unspecified atom stereocenters. The standard InChI is InChI=1S/C14H15F4N3O/c1-7(22)20-21-12-6-9-10(14(16,17)18)4-8(15)5-11(9)19-13(12,2)3/h4-5,19H,6H2,1-3H3,(H,20,22)/b21-12+. The van der Waals surface area contributed by atoms with Crippen LogP contribution in [0.1, 0.15) is 31.9 Å². The molecule has 0 aromatic heterocycles. The lowest BCUT2D eigenvalue weighted by Crippen LogP contribution is -2.46. The van der Waals surface area contributed by atoms with Gasteiger partial charge in [-0.2, -0.15) is 18.3 Å². The number of anilines is 1. The lowest BCUT2D eigenvalue weighted by Gasteiger charge is -2.36. The first kappa shape index (κ1) is 16.3. The maximum absolute atomic E-state index is 13.5. The number of carbonyl (C=O) groups is 1. The lowest BCUT2D eigenvalue weighted by atomic mass is 9.85. The molecule has 0 radical (unpaired) electrons. The first-order valence-corrected chi connectivity index (χ1v) is 6.52. The minimum atomic E-state index is -4.67. The number of hydrazone groups is 1. The van der Waals surface area contributed by atoms with Gasteiger partial charge in [0, 0.05) is 19.0 Å². The van der Waals surface area contributed by atoms with E-state index in [2.05, 4.69) is 15.8 Å². The number of benzene rings is 1. The highest BCUT2D eigenvalue weighted by Crippen LogP contribution is 2.39. The fourth-order valence-electron chi connectivity index (χ4n) is 2.31. The highest BCUT2D eigenvalue weighted by atomic mass is 19.4. The van der Waals surface area contributed by atoms with Crippen LogP contribution in [-0.4, -0.2) is 17.2 Å². The Bertz CT molecular complexity index is 650. The SMILES string of the molecule is CC(=O)N/N=C1\Cc2c(cc(F)cc2C(F)(F)F)NC1(C)C. The van der Waals surface area contributed by atoms with Crippen molar-refractivity contribution in [2.75, 3.05) is 5.32 Å². The highest BCUT2D eigenvalue weighted by molar-refractivity contribution is 6.01. The molecule has 22 heavy (non-hydrogen) atoms. The third-order valence-corrected chi connectivity index (χ3v) is 3.38. The molecule has 1 aliphatic heterocycles. The van der Waals surface area contributed by atoms with Crippen molar-refractivity contribution in [2.45, 2.75) is 38.9 Å². The highest BCUT2D eigenvalue weighted by Gasteiger charge is 2.40. The fraction of sp³-hybridized carbons (Fsp3) is 0.429. The third kappa shape index (κ3) is 3.20. The van der Waals surface area contributed by atoms with Crippen LogP contribution in [0.2, 0.25) is 0 Å². The Morgan fingerprint density at radius 2 is 2.00 bits per heavy atom. The zero-order valence-corrected chi connectivity index (χ0v) is 12.2. The van der Waals surface area contributed by atoms with Crippen molar-refractivity contribution in [3.63, 3.8) is 0 Å². The van der Waals surface area contributed by atoms with Gasteiger partial charge in [0.1, 0.15) is 5.82 Å². The third-order valence-electron chi connectivity index (χ3n) is 3.38. The molecule has 1 heterocycles. The molecular weight excluding hydrogens is 302 g/mol. The maximum atomic E-state index is 13.5. The zero-order valence-electron chi connectivity index (χ0n) is 12.2. The van der Waals surface area contributed by atoms with Gasteiger partial charge in [-0.25, -0.2) is 9.82 Å². The molecule has 4 nitrogen and oxygen atoms in total. The molecule has 1 aromatic rings. The predicted octanol–water partition coefficient (Wildman–Crippen LogP) is 3.08. The van der Waals surface area contributed by atoms with Gasteiger partial charge in [0.15, 0.2) is 0 Å². The minimum absolute atomic E-state index is 0.0825. The van der Waals surface area contributed by atoms with Crippen molar-refractivity contribution >= 4 is 17.3 Å². The second-order valence-electron chi connectivity index (χ2n) is 5.63. The number of fused-ring (bicyclic) bond motifs is 1. The van der Waals surface area contributed by atoms with E-state index in [0.717, 1.165) is 6.07 Å². The predicted molar refractivity (Wildman–Crippen MR) is 74.1 cm³/mol. The van der Waals surface area contributed by atoms with Crippen molar-refractivity contribution in [3.8, 4) is 0 Å².